The molecule has 0 aromatic heterocycles. The molecule has 0 bridgehead atoms. The summed E-state index contributed by atoms with van der Waals surface area (Å²) in [5, 5.41) is 18.5. The molecule has 0 heterocycles. The third kappa shape index (κ3) is 10.6. The van der Waals surface area contributed by atoms with Crippen LogP contribution in [-0.2, 0) is 14.4 Å². The van der Waals surface area contributed by atoms with E-state index in [0.29, 0.717) is 6.42 Å². The summed E-state index contributed by atoms with van der Waals surface area (Å²) < 4.78 is 21.9. The summed E-state index contributed by atoms with van der Waals surface area (Å²) >= 11 is 0. The topological polar surface area (TPSA) is 118 Å². The highest BCUT2D eigenvalue weighted by molar-refractivity contribution is 6.22. The molecule has 30 heavy (non-hydrogen) atoms. The van der Waals surface area contributed by atoms with Crippen LogP contribution in [0.4, 0.5) is 0 Å². The lowest BCUT2D eigenvalue weighted by atomic mass is 9.73. The van der Waals surface area contributed by atoms with Crippen LogP contribution in [-0.4, -0.2) is 46.3 Å². The van der Waals surface area contributed by atoms with E-state index in [9.17, 15) is 19.5 Å². The van der Waals surface area contributed by atoms with Crippen molar-refractivity contribution in [1.82, 2.24) is 0 Å². The third-order valence-electron chi connectivity index (χ3n) is 5.58. The first-order chi connectivity index (χ1) is 15.8. The molecule has 6 heteroatoms. The zero-order valence-corrected chi connectivity index (χ0v) is 18.3. The zero-order valence-electron chi connectivity index (χ0n) is 21.3. The van der Waals surface area contributed by atoms with Crippen molar-refractivity contribution in [2.75, 3.05) is 6.61 Å². The smallest absolute Gasteiger partial charge is 0.150 e. The van der Waals surface area contributed by atoms with Gasteiger partial charge in [-0.05, 0) is 40.0 Å². The zero-order chi connectivity index (χ0) is 25.1. The second-order valence-electron chi connectivity index (χ2n) is 8.01. The van der Waals surface area contributed by atoms with Gasteiger partial charge in [-0.3, -0.25) is 14.4 Å². The maximum absolute atomic E-state index is 12.2. The Kier molecular flexibility index (Phi) is 12.7. The molecule has 0 aliphatic carbocycles. The fourth-order valence-corrected chi connectivity index (χ4v) is 3.44. The van der Waals surface area contributed by atoms with Crippen LogP contribution < -0.4 is 5.73 Å². The Labute approximate surface area is 186 Å². The Morgan fingerprint density at radius 2 is 1.30 bits per heavy atom. The quantitative estimate of drug-likeness (QED) is 0.164. The van der Waals surface area contributed by atoms with Crippen molar-refractivity contribution in [1.29, 1.82) is 0 Å². The van der Waals surface area contributed by atoms with E-state index in [1.54, 1.807) is 6.08 Å². The van der Waals surface area contributed by atoms with Crippen LogP contribution >= 0.6 is 0 Å². The van der Waals surface area contributed by atoms with Crippen molar-refractivity contribution in [3.05, 3.63) is 12.2 Å². The molecule has 0 aliphatic heterocycles. The molecule has 0 spiro atoms. The van der Waals surface area contributed by atoms with Crippen LogP contribution in [0.15, 0.2) is 12.2 Å². The molecular weight excluding hydrogens is 382 g/mol. The molecule has 0 unspecified atom stereocenters. The van der Waals surface area contributed by atoms with E-state index < -0.39 is 55.6 Å². The van der Waals surface area contributed by atoms with Gasteiger partial charge in [0.05, 0.1) is 18.8 Å². The molecule has 174 valence electrons. The number of aliphatic hydroxyl groups excluding tert-OH is 2. The third-order valence-corrected chi connectivity index (χ3v) is 5.58. The predicted octanol–water partition coefficient (Wildman–Crippen LogP) is 3.66. The number of unbranched alkanes of at least 4 members (excludes halogenated alkanes) is 10. The van der Waals surface area contributed by atoms with Crippen molar-refractivity contribution in [2.24, 2.45) is 11.1 Å². The number of carbonyl (C=O) groups is 3. The van der Waals surface area contributed by atoms with Gasteiger partial charge >= 0.3 is 0 Å². The van der Waals surface area contributed by atoms with E-state index in [1.165, 1.54) is 0 Å². The molecule has 0 saturated carbocycles. The molecule has 6 nitrogen and oxygen atoms in total. The number of ketones is 3. The van der Waals surface area contributed by atoms with Crippen LogP contribution in [0.5, 0.6) is 0 Å². The second-order valence-corrected chi connectivity index (χ2v) is 8.01. The first-order valence-corrected chi connectivity index (χ1v) is 11.0. The number of allylic oxidation sites excluding steroid dienone is 1. The van der Waals surface area contributed by atoms with Crippen molar-refractivity contribution in [2.45, 2.75) is 110 Å². The molecule has 0 aliphatic rings. The van der Waals surface area contributed by atoms with Crippen LogP contribution in [0.2, 0.25) is 0 Å². The molecule has 0 aromatic carbocycles. The van der Waals surface area contributed by atoms with Crippen LogP contribution in [0, 0.1) is 5.41 Å². The van der Waals surface area contributed by atoms with Crippen LogP contribution in [0.25, 0.3) is 0 Å². The molecule has 0 amide bonds. The summed E-state index contributed by atoms with van der Waals surface area (Å²) in [5.41, 5.74) is 3.57. The average molecular weight is 429 g/mol. The molecule has 0 fully saturated rings. The summed E-state index contributed by atoms with van der Waals surface area (Å²) in [6.07, 6.45) is 13.5. The van der Waals surface area contributed by atoms with Crippen molar-refractivity contribution < 1.29 is 28.7 Å². The van der Waals surface area contributed by atoms with Gasteiger partial charge in [0.15, 0.2) is 17.3 Å². The molecule has 0 rings (SSSR count). The fraction of sp³-hybridized carbons (Fsp3) is 0.792. The average Bonchev–Trinajstić information content (AvgIpc) is 2.84. The monoisotopic (exact) mass is 428 g/mol. The van der Waals surface area contributed by atoms with E-state index in [4.69, 9.17) is 15.0 Å². The first-order valence-electron chi connectivity index (χ1n) is 13.1. The molecule has 2 atom stereocenters. The van der Waals surface area contributed by atoms with E-state index in [0.717, 1.165) is 64.2 Å². The van der Waals surface area contributed by atoms with E-state index in [1.807, 2.05) is 6.08 Å². The van der Waals surface area contributed by atoms with Gasteiger partial charge in [-0.2, -0.15) is 0 Å². The van der Waals surface area contributed by atoms with E-state index in [2.05, 4.69) is 0 Å². The normalized spacial score (nSPS) is 15.4. The highest BCUT2D eigenvalue weighted by Gasteiger charge is 2.44. The van der Waals surface area contributed by atoms with E-state index >= 15 is 0 Å². The van der Waals surface area contributed by atoms with Crippen molar-refractivity contribution in [3.8, 4) is 0 Å². The van der Waals surface area contributed by atoms with Gasteiger partial charge in [-0.1, -0.05) is 69.9 Å². The van der Waals surface area contributed by atoms with Crippen molar-refractivity contribution in [3.63, 3.8) is 0 Å². The van der Waals surface area contributed by atoms with Gasteiger partial charge in [0, 0.05) is 4.11 Å². The maximum atomic E-state index is 12.2. The number of carbonyl (C=O) groups excluding carboxylic acids is 3. The van der Waals surface area contributed by atoms with Gasteiger partial charge in [-0.15, -0.1) is 0 Å². The number of aliphatic hydroxyl groups is 2. The number of Topliss-reactive ketones (excluding diaryl/α,β-unsaturated/α-hetero) is 3. The molecule has 4 N–H and O–H groups in total. The summed E-state index contributed by atoms with van der Waals surface area (Å²) in [4.78, 5) is 36.7. The lowest BCUT2D eigenvalue weighted by Crippen LogP contribution is -2.43. The number of rotatable bonds is 19. The largest absolute Gasteiger partial charge is 0.395 e. The van der Waals surface area contributed by atoms with Gasteiger partial charge in [0.1, 0.15) is 5.41 Å². The highest BCUT2D eigenvalue weighted by atomic mass is 16.3. The molecule has 0 aromatic rings. The summed E-state index contributed by atoms with van der Waals surface area (Å²) in [6, 6.07) is -0.633. The Hall–Kier alpha value is -1.37. The minimum atomic E-state index is -1.95. The standard InChI is InChI=1S/C24H43NO5/c1-19(27)24(20(2)28,21(3)29)17-15-13-11-9-7-5-4-6-8-10-12-14-16-23(30)22(25)18-26/h14,16,22-23,26,30H,4-13,15,17-18,25H2,1-3H3/b16-14+/t22-,23+/m0/s1/i1D,2D,3D. The van der Waals surface area contributed by atoms with Crippen LogP contribution in [0.1, 0.15) is 102 Å². The number of nitrogens with two attached hydrogens (primary N) is 1. The highest BCUT2D eigenvalue weighted by Crippen LogP contribution is 2.29. The minimum absolute atomic E-state index is 0.0115. The lowest BCUT2D eigenvalue weighted by Gasteiger charge is -2.25. The maximum Gasteiger partial charge on any atom is 0.150 e. The van der Waals surface area contributed by atoms with E-state index in [-0.39, 0.29) is 13.0 Å². The lowest BCUT2D eigenvalue weighted by molar-refractivity contribution is -0.147. The molecule has 0 saturated heterocycles. The van der Waals surface area contributed by atoms with Crippen molar-refractivity contribution >= 4 is 17.3 Å². The van der Waals surface area contributed by atoms with Gasteiger partial charge < -0.3 is 15.9 Å². The second kappa shape index (κ2) is 16.3. The summed E-state index contributed by atoms with van der Waals surface area (Å²) in [6.45, 7) is -2.30. The van der Waals surface area contributed by atoms with Crippen LogP contribution in [0.3, 0.4) is 0 Å². The SMILES string of the molecule is [2H]CC(=O)C(CCCCCCCCCCCC/C=C/[C@@H](O)[C@@H](N)CO)(C(=O)C[2H])C(=O)C[2H]. The number of hydrogen-bond donors (Lipinski definition) is 3. The molecule has 0 radical (unpaired) electrons. The Morgan fingerprint density at radius 3 is 1.73 bits per heavy atom. The predicted molar refractivity (Wildman–Crippen MR) is 120 cm³/mol. The minimum Gasteiger partial charge on any atom is -0.395 e. The Bertz CT molecular complexity index is 560. The van der Waals surface area contributed by atoms with Gasteiger partial charge in [0.2, 0.25) is 0 Å². The van der Waals surface area contributed by atoms with Gasteiger partial charge in [0.25, 0.3) is 0 Å². The first kappa shape index (κ1) is 23.3. The van der Waals surface area contributed by atoms with Gasteiger partial charge in [-0.25, -0.2) is 0 Å². The summed E-state index contributed by atoms with van der Waals surface area (Å²) in [5.74, 6) is -2.34. The Balaban J connectivity index is 3.99. The number of hydrogen-bond acceptors (Lipinski definition) is 6. The Morgan fingerprint density at radius 1 is 0.867 bits per heavy atom. The molecular formula is C24H43NO5. The summed E-state index contributed by atoms with van der Waals surface area (Å²) in [7, 11) is 0. The fourth-order valence-electron chi connectivity index (χ4n) is 3.44.